The van der Waals surface area contributed by atoms with E-state index in [1.807, 2.05) is 22.8 Å². The molecule has 1 aliphatic rings. The van der Waals surface area contributed by atoms with Crippen molar-refractivity contribution in [1.82, 2.24) is 39.2 Å². The first-order chi connectivity index (χ1) is 18.5. The van der Waals surface area contributed by atoms with Gasteiger partial charge in [0, 0.05) is 24.8 Å². The second-order valence-electron chi connectivity index (χ2n) is 8.76. The molecule has 0 aliphatic carbocycles. The number of aromatic nitrogens is 7. The van der Waals surface area contributed by atoms with Crippen LogP contribution in [-0.2, 0) is 17.9 Å². The van der Waals surface area contributed by atoms with E-state index in [0.29, 0.717) is 52.8 Å². The lowest BCUT2D eigenvalue weighted by molar-refractivity contribution is -0.127. The molecular formula is C26H21N9O3. The number of nitrogens with one attached hydrogen (secondary N) is 1. The van der Waals surface area contributed by atoms with E-state index in [1.54, 1.807) is 19.2 Å². The maximum Gasteiger partial charge on any atom is 0.295 e. The molecule has 6 rings (SSSR count). The van der Waals surface area contributed by atoms with Crippen molar-refractivity contribution in [3.8, 4) is 28.9 Å². The van der Waals surface area contributed by atoms with Crippen LogP contribution in [0.4, 0.5) is 0 Å². The fraction of sp³-hybridized carbons (Fsp3) is 0.192. The molecule has 0 fully saturated rings. The topological polar surface area (TPSA) is 148 Å². The van der Waals surface area contributed by atoms with Gasteiger partial charge in [0.15, 0.2) is 5.82 Å². The Labute approximate surface area is 216 Å². The summed E-state index contributed by atoms with van der Waals surface area (Å²) in [7, 11) is 1.48. The van der Waals surface area contributed by atoms with Crippen LogP contribution in [-0.4, -0.2) is 64.5 Å². The number of rotatable bonds is 5. The number of hydrogen-bond acceptors (Lipinski definition) is 8. The van der Waals surface area contributed by atoms with Crippen LogP contribution in [0.5, 0.6) is 5.75 Å². The van der Waals surface area contributed by atoms with E-state index in [4.69, 9.17) is 4.74 Å². The predicted octanol–water partition coefficient (Wildman–Crippen LogP) is 2.42. The molecule has 5 aromatic rings. The third kappa shape index (κ3) is 3.60. The number of methoxy groups -OCH3 is 1. The number of ketones is 1. The van der Waals surface area contributed by atoms with E-state index >= 15 is 0 Å². The number of imidazole rings is 1. The van der Waals surface area contributed by atoms with Crippen LogP contribution in [0, 0.1) is 18.3 Å². The average Bonchev–Trinajstić information content (AvgIpc) is 3.69. The summed E-state index contributed by atoms with van der Waals surface area (Å²) in [5.74, 6) is 0.680. The minimum absolute atomic E-state index is 0.170. The molecule has 1 aromatic carbocycles. The van der Waals surface area contributed by atoms with Gasteiger partial charge in [0.05, 0.1) is 59.8 Å². The van der Waals surface area contributed by atoms with Crippen molar-refractivity contribution < 1.29 is 14.3 Å². The Morgan fingerprint density at radius 2 is 1.97 bits per heavy atom. The average molecular weight is 508 g/mol. The molecule has 0 atom stereocenters. The second-order valence-corrected chi connectivity index (χ2v) is 8.76. The monoisotopic (exact) mass is 507 g/mol. The van der Waals surface area contributed by atoms with Crippen molar-refractivity contribution >= 4 is 22.6 Å². The molecule has 12 heteroatoms. The van der Waals surface area contributed by atoms with Gasteiger partial charge in [0.25, 0.3) is 11.7 Å². The molecule has 0 bridgehead atoms. The highest BCUT2D eigenvalue weighted by molar-refractivity contribution is 6.45. The normalized spacial score (nSPS) is 12.8. The molecule has 0 radical (unpaired) electrons. The van der Waals surface area contributed by atoms with E-state index in [1.165, 1.54) is 35.4 Å². The SMILES string of the molecule is COc1cnc(-n2cnc(C)n2)c2[nH]cc(C(=O)C(=O)N3CCn4c(-c5ccccc5C#N)cnc4C3)c12. The van der Waals surface area contributed by atoms with E-state index in [0.717, 1.165) is 11.3 Å². The number of carbonyl (C=O) groups excluding carboxylic acids is 2. The largest absolute Gasteiger partial charge is 0.494 e. The molecule has 0 spiro atoms. The number of aryl methyl sites for hydroxylation is 1. The molecule has 188 valence electrons. The van der Waals surface area contributed by atoms with Gasteiger partial charge in [-0.25, -0.2) is 19.6 Å². The standard InChI is InChI=1S/C26H21N9O3/c1-15-31-14-35(32-15)25-23-22(20(38-2)12-30-25)18(10-29-23)24(36)26(37)33-7-8-34-19(11-28-21(34)13-33)17-6-4-3-5-16(17)9-27/h3-6,10-12,14,29H,7-8,13H2,1-2H3. The Balaban J connectivity index is 1.31. The summed E-state index contributed by atoms with van der Waals surface area (Å²) in [5, 5.41) is 14.2. The van der Waals surface area contributed by atoms with E-state index in [2.05, 4.69) is 31.1 Å². The number of nitrogens with zero attached hydrogens (tertiary/aromatic N) is 8. The van der Waals surface area contributed by atoms with Gasteiger partial charge in [-0.3, -0.25) is 9.59 Å². The molecule has 1 amide bonds. The first kappa shape index (κ1) is 23.1. The van der Waals surface area contributed by atoms with Gasteiger partial charge in [0.2, 0.25) is 0 Å². The van der Waals surface area contributed by atoms with Crippen molar-refractivity contribution in [2.45, 2.75) is 20.0 Å². The van der Waals surface area contributed by atoms with Crippen molar-refractivity contribution in [2.75, 3.05) is 13.7 Å². The summed E-state index contributed by atoms with van der Waals surface area (Å²) in [6.07, 6.45) is 6.20. The number of H-pyrrole nitrogens is 1. The third-order valence-electron chi connectivity index (χ3n) is 6.61. The smallest absolute Gasteiger partial charge is 0.295 e. The first-order valence-electron chi connectivity index (χ1n) is 11.8. The number of aromatic amines is 1. The summed E-state index contributed by atoms with van der Waals surface area (Å²) in [5.41, 5.74) is 2.81. The number of pyridine rings is 1. The summed E-state index contributed by atoms with van der Waals surface area (Å²) < 4.78 is 8.95. The van der Waals surface area contributed by atoms with Gasteiger partial charge in [-0.1, -0.05) is 18.2 Å². The number of fused-ring (bicyclic) bond motifs is 2. The molecule has 1 aliphatic heterocycles. The van der Waals surface area contributed by atoms with Crippen molar-refractivity contribution in [2.24, 2.45) is 0 Å². The minimum Gasteiger partial charge on any atom is -0.494 e. The summed E-state index contributed by atoms with van der Waals surface area (Å²) in [6, 6.07) is 9.52. The Morgan fingerprint density at radius 3 is 2.74 bits per heavy atom. The predicted molar refractivity (Wildman–Crippen MR) is 134 cm³/mol. The fourth-order valence-electron chi connectivity index (χ4n) is 4.77. The number of carbonyl (C=O) groups is 2. The second kappa shape index (κ2) is 8.97. The number of ether oxygens (including phenoxy) is 1. The van der Waals surface area contributed by atoms with E-state index in [9.17, 15) is 14.9 Å². The van der Waals surface area contributed by atoms with Crippen LogP contribution < -0.4 is 4.74 Å². The van der Waals surface area contributed by atoms with Gasteiger partial charge in [0.1, 0.15) is 23.7 Å². The van der Waals surface area contributed by atoms with Crippen molar-refractivity contribution in [3.63, 3.8) is 0 Å². The van der Waals surface area contributed by atoms with Crippen molar-refractivity contribution in [3.05, 3.63) is 72.0 Å². The van der Waals surface area contributed by atoms with E-state index in [-0.39, 0.29) is 12.1 Å². The maximum absolute atomic E-state index is 13.5. The summed E-state index contributed by atoms with van der Waals surface area (Å²) in [6.45, 7) is 2.69. The van der Waals surface area contributed by atoms with Gasteiger partial charge < -0.3 is 19.2 Å². The molecule has 12 nitrogen and oxygen atoms in total. The van der Waals surface area contributed by atoms with Crippen LogP contribution in [0.25, 0.3) is 28.0 Å². The zero-order chi connectivity index (χ0) is 26.4. The highest BCUT2D eigenvalue weighted by Gasteiger charge is 2.31. The van der Waals surface area contributed by atoms with Crippen LogP contribution in [0.2, 0.25) is 0 Å². The highest BCUT2D eigenvalue weighted by Crippen LogP contribution is 2.32. The highest BCUT2D eigenvalue weighted by atomic mass is 16.5. The number of benzene rings is 1. The maximum atomic E-state index is 13.5. The number of nitriles is 1. The molecule has 0 unspecified atom stereocenters. The van der Waals surface area contributed by atoms with Crippen LogP contribution in [0.1, 0.15) is 27.6 Å². The number of Topliss-reactive ketones (excluding diaryl/α,β-unsaturated/α-hetero) is 1. The molecule has 0 saturated carbocycles. The number of hydrogen-bond donors (Lipinski definition) is 1. The van der Waals surface area contributed by atoms with Crippen LogP contribution >= 0.6 is 0 Å². The Bertz CT molecular complexity index is 1770. The summed E-state index contributed by atoms with van der Waals surface area (Å²) in [4.78, 5) is 44.4. The molecule has 4 aromatic heterocycles. The zero-order valence-corrected chi connectivity index (χ0v) is 20.5. The number of amides is 1. The van der Waals surface area contributed by atoms with Crippen LogP contribution in [0.15, 0.2) is 49.2 Å². The molecule has 38 heavy (non-hydrogen) atoms. The summed E-state index contributed by atoms with van der Waals surface area (Å²) >= 11 is 0. The Hall–Kier alpha value is -5.31. The lowest BCUT2D eigenvalue weighted by atomic mass is 10.1. The third-order valence-corrected chi connectivity index (χ3v) is 6.61. The fourth-order valence-corrected chi connectivity index (χ4v) is 4.77. The molecule has 1 N–H and O–H groups in total. The van der Waals surface area contributed by atoms with Gasteiger partial charge in [-0.05, 0) is 13.0 Å². The Morgan fingerprint density at radius 1 is 1.13 bits per heavy atom. The quantitative estimate of drug-likeness (QED) is 0.282. The molecule has 0 saturated heterocycles. The molecular weight excluding hydrogens is 486 g/mol. The molecule has 5 heterocycles. The van der Waals surface area contributed by atoms with Gasteiger partial charge >= 0.3 is 0 Å². The van der Waals surface area contributed by atoms with Gasteiger partial charge in [-0.2, -0.15) is 10.4 Å². The van der Waals surface area contributed by atoms with E-state index < -0.39 is 11.7 Å². The Kier molecular flexibility index (Phi) is 5.45. The zero-order valence-electron chi connectivity index (χ0n) is 20.5. The minimum atomic E-state index is -0.670. The van der Waals surface area contributed by atoms with Gasteiger partial charge in [-0.15, -0.1) is 0 Å². The van der Waals surface area contributed by atoms with Crippen LogP contribution in [0.3, 0.4) is 0 Å². The van der Waals surface area contributed by atoms with Crippen molar-refractivity contribution in [1.29, 1.82) is 5.26 Å². The lowest BCUT2D eigenvalue weighted by Crippen LogP contribution is -2.42. The lowest BCUT2D eigenvalue weighted by Gasteiger charge is -2.28. The first-order valence-corrected chi connectivity index (χ1v) is 11.8.